The van der Waals surface area contributed by atoms with Crippen LogP contribution >= 0.6 is 0 Å². The number of carbonyl (C=O) groups is 2. The Hall–Kier alpha value is -3.48. The first-order valence-corrected chi connectivity index (χ1v) is 8.53. The maximum atomic E-state index is 12.8. The van der Waals surface area contributed by atoms with Crippen molar-refractivity contribution in [3.63, 3.8) is 0 Å². The molecule has 2 amide bonds. The van der Waals surface area contributed by atoms with E-state index in [-0.39, 0.29) is 18.3 Å². The van der Waals surface area contributed by atoms with Crippen LogP contribution in [-0.2, 0) is 22.6 Å². The summed E-state index contributed by atoms with van der Waals surface area (Å²) in [6.07, 6.45) is 3.48. The summed E-state index contributed by atoms with van der Waals surface area (Å²) in [5, 5.41) is 0. The number of nitrogens with zero attached hydrogens (tertiary/aromatic N) is 2. The van der Waals surface area contributed by atoms with Gasteiger partial charge in [-0.1, -0.05) is 31.2 Å². The summed E-state index contributed by atoms with van der Waals surface area (Å²) >= 11 is 0. The van der Waals surface area contributed by atoms with Gasteiger partial charge in [-0.3, -0.25) is 20.4 Å². The van der Waals surface area contributed by atoms with Gasteiger partial charge in [-0.25, -0.2) is 9.37 Å². The lowest BCUT2D eigenvalue weighted by molar-refractivity contribution is -0.127. The number of para-hydroxylation sites is 2. The van der Waals surface area contributed by atoms with Gasteiger partial charge < -0.3 is 4.57 Å². The van der Waals surface area contributed by atoms with Crippen molar-refractivity contribution in [3.8, 4) is 0 Å². The largest absolute Gasteiger partial charge is 0.318 e. The van der Waals surface area contributed by atoms with Gasteiger partial charge in [0.1, 0.15) is 18.2 Å². The maximum absolute atomic E-state index is 12.8. The van der Waals surface area contributed by atoms with Gasteiger partial charge in [0.05, 0.1) is 11.0 Å². The molecule has 0 bridgehead atoms. The van der Waals surface area contributed by atoms with Crippen LogP contribution in [0.3, 0.4) is 0 Å². The van der Waals surface area contributed by atoms with Crippen LogP contribution in [0.5, 0.6) is 0 Å². The summed E-state index contributed by atoms with van der Waals surface area (Å²) in [6, 6.07) is 13.3. The van der Waals surface area contributed by atoms with Crippen LogP contribution in [0.15, 0.2) is 54.6 Å². The lowest BCUT2D eigenvalue weighted by atomic mass is 10.2. The molecule has 0 saturated heterocycles. The summed E-state index contributed by atoms with van der Waals surface area (Å²) in [4.78, 5) is 28.5. The molecule has 0 fully saturated rings. The molecule has 6 nitrogen and oxygen atoms in total. The van der Waals surface area contributed by atoms with Crippen LogP contribution < -0.4 is 10.9 Å². The third-order valence-electron chi connectivity index (χ3n) is 3.97. The lowest BCUT2D eigenvalue weighted by Crippen LogP contribution is -2.42. The first kappa shape index (κ1) is 18.3. The highest BCUT2D eigenvalue weighted by atomic mass is 19.1. The second kappa shape index (κ2) is 8.27. The normalized spacial score (nSPS) is 11.0. The fraction of sp³-hybridized carbons (Fsp3) is 0.150. The Labute approximate surface area is 155 Å². The number of aryl methyl sites for hydroxylation is 1. The molecule has 1 heterocycles. The van der Waals surface area contributed by atoms with Crippen LogP contribution in [0.1, 0.15) is 18.3 Å². The van der Waals surface area contributed by atoms with Crippen LogP contribution in [0, 0.1) is 5.82 Å². The van der Waals surface area contributed by atoms with Gasteiger partial charge in [0.25, 0.3) is 11.8 Å². The number of benzene rings is 2. The molecule has 0 spiro atoms. The fourth-order valence-electron chi connectivity index (χ4n) is 2.67. The third-order valence-corrected chi connectivity index (χ3v) is 3.97. The van der Waals surface area contributed by atoms with E-state index in [4.69, 9.17) is 0 Å². The highest BCUT2D eigenvalue weighted by molar-refractivity contribution is 5.93. The molecular weight excluding hydrogens is 347 g/mol. The summed E-state index contributed by atoms with van der Waals surface area (Å²) in [7, 11) is 0. The smallest absolute Gasteiger partial charge is 0.262 e. The zero-order chi connectivity index (χ0) is 19.2. The summed E-state index contributed by atoms with van der Waals surface area (Å²) in [6.45, 7) is 2.02. The van der Waals surface area contributed by atoms with Crippen LogP contribution in [0.2, 0.25) is 0 Å². The van der Waals surface area contributed by atoms with Crippen LogP contribution in [0.4, 0.5) is 4.39 Å². The van der Waals surface area contributed by atoms with Crippen molar-refractivity contribution >= 4 is 28.9 Å². The molecule has 7 heteroatoms. The number of nitrogens with one attached hydrogen (secondary N) is 2. The van der Waals surface area contributed by atoms with E-state index in [1.54, 1.807) is 12.1 Å². The molecule has 0 unspecified atom stereocenters. The number of imidazole rings is 1. The number of hydrogen-bond donors (Lipinski definition) is 2. The number of halogens is 1. The Bertz CT molecular complexity index is 993. The van der Waals surface area contributed by atoms with E-state index in [9.17, 15) is 14.0 Å². The molecule has 138 valence electrons. The monoisotopic (exact) mass is 366 g/mol. The first-order valence-electron chi connectivity index (χ1n) is 8.53. The van der Waals surface area contributed by atoms with Gasteiger partial charge >= 0.3 is 0 Å². The summed E-state index contributed by atoms with van der Waals surface area (Å²) < 4.78 is 14.7. The highest BCUT2D eigenvalue weighted by Gasteiger charge is 2.12. The van der Waals surface area contributed by atoms with E-state index in [0.29, 0.717) is 12.0 Å². The van der Waals surface area contributed by atoms with Crippen molar-refractivity contribution < 1.29 is 14.0 Å². The minimum Gasteiger partial charge on any atom is -0.318 e. The Kier molecular flexibility index (Phi) is 5.61. The molecule has 2 aromatic carbocycles. The van der Waals surface area contributed by atoms with Gasteiger partial charge in [0, 0.05) is 12.5 Å². The molecule has 0 aliphatic carbocycles. The minimum atomic E-state index is -0.487. The van der Waals surface area contributed by atoms with Crippen molar-refractivity contribution in [3.05, 3.63) is 71.8 Å². The lowest BCUT2D eigenvalue weighted by Gasteiger charge is -2.09. The van der Waals surface area contributed by atoms with E-state index in [1.165, 1.54) is 24.3 Å². The Morgan fingerprint density at radius 2 is 1.85 bits per heavy atom. The Morgan fingerprint density at radius 3 is 2.59 bits per heavy atom. The average molecular weight is 366 g/mol. The van der Waals surface area contributed by atoms with Gasteiger partial charge in [-0.2, -0.15) is 0 Å². The Morgan fingerprint density at radius 1 is 1.11 bits per heavy atom. The number of hydrazine groups is 1. The minimum absolute atomic E-state index is 0.0473. The standard InChI is InChI=1S/C20H19FN4O2/c1-2-18-22-16-5-3-4-6-17(16)25(18)13-20(27)24-23-19(26)12-9-14-7-10-15(21)11-8-14/h3-12H,2,13H2,1H3,(H,23,26)(H,24,27)/b12-9+. The molecule has 27 heavy (non-hydrogen) atoms. The second-order valence-corrected chi connectivity index (χ2v) is 5.88. The van der Waals surface area contributed by atoms with Gasteiger partial charge in [-0.15, -0.1) is 0 Å². The van der Waals surface area contributed by atoms with E-state index < -0.39 is 5.91 Å². The van der Waals surface area contributed by atoms with E-state index in [2.05, 4.69) is 15.8 Å². The number of hydrogen-bond acceptors (Lipinski definition) is 3. The topological polar surface area (TPSA) is 76.0 Å². The second-order valence-electron chi connectivity index (χ2n) is 5.88. The molecule has 0 saturated carbocycles. The van der Waals surface area contributed by atoms with Gasteiger partial charge in [0.2, 0.25) is 0 Å². The molecule has 2 N–H and O–H groups in total. The molecule has 0 radical (unpaired) electrons. The predicted molar refractivity (Wildman–Crippen MR) is 101 cm³/mol. The summed E-state index contributed by atoms with van der Waals surface area (Å²) in [5.41, 5.74) is 7.08. The zero-order valence-electron chi connectivity index (χ0n) is 14.8. The quantitative estimate of drug-likeness (QED) is 0.538. The van der Waals surface area contributed by atoms with Crippen molar-refractivity contribution in [2.75, 3.05) is 0 Å². The first-order chi connectivity index (χ1) is 13.1. The number of aromatic nitrogens is 2. The molecule has 0 aliphatic rings. The van der Waals surface area contributed by atoms with Crippen LogP contribution in [0.25, 0.3) is 17.1 Å². The number of fused-ring (bicyclic) bond motifs is 1. The maximum Gasteiger partial charge on any atom is 0.262 e. The van der Waals surface area contributed by atoms with Gasteiger partial charge in [0.15, 0.2) is 0 Å². The van der Waals surface area contributed by atoms with Crippen LogP contribution in [-0.4, -0.2) is 21.4 Å². The molecule has 1 aromatic heterocycles. The summed E-state index contributed by atoms with van der Waals surface area (Å²) in [5.74, 6) is -0.397. The van der Waals surface area contributed by atoms with E-state index in [1.807, 2.05) is 35.8 Å². The number of amides is 2. The highest BCUT2D eigenvalue weighted by Crippen LogP contribution is 2.16. The third kappa shape index (κ3) is 4.58. The van der Waals surface area contributed by atoms with Crippen molar-refractivity contribution in [2.24, 2.45) is 0 Å². The SMILES string of the molecule is CCc1nc2ccccc2n1CC(=O)NNC(=O)/C=C/c1ccc(F)cc1. The molecular formula is C20H19FN4O2. The van der Waals surface area contributed by atoms with Crippen molar-refractivity contribution in [1.82, 2.24) is 20.4 Å². The fourth-order valence-corrected chi connectivity index (χ4v) is 2.67. The molecule has 0 aliphatic heterocycles. The van der Waals surface area contributed by atoms with Crippen molar-refractivity contribution in [2.45, 2.75) is 19.9 Å². The predicted octanol–water partition coefficient (Wildman–Crippen LogP) is 2.60. The number of carbonyl (C=O) groups excluding carboxylic acids is 2. The van der Waals surface area contributed by atoms with E-state index >= 15 is 0 Å². The van der Waals surface area contributed by atoms with Gasteiger partial charge in [-0.05, 0) is 35.9 Å². The molecule has 3 rings (SSSR count). The number of rotatable bonds is 5. The van der Waals surface area contributed by atoms with E-state index in [0.717, 1.165) is 16.9 Å². The van der Waals surface area contributed by atoms with Crippen molar-refractivity contribution in [1.29, 1.82) is 0 Å². The zero-order valence-corrected chi connectivity index (χ0v) is 14.8. The average Bonchev–Trinajstić information content (AvgIpc) is 3.03. The Balaban J connectivity index is 1.58. The molecule has 0 atom stereocenters. The molecule has 3 aromatic rings.